The van der Waals surface area contributed by atoms with Gasteiger partial charge in [-0.05, 0) is 57.5 Å². The molecular weight excluding hydrogens is 354 g/mol. The first kappa shape index (κ1) is 19.6. The minimum absolute atomic E-state index is 0.0111. The summed E-state index contributed by atoms with van der Waals surface area (Å²) in [6.45, 7) is 7.80. The van der Waals surface area contributed by atoms with Gasteiger partial charge in [0.1, 0.15) is 0 Å². The zero-order chi connectivity index (χ0) is 20.5. The molecule has 0 saturated carbocycles. The van der Waals surface area contributed by atoms with E-state index in [1.165, 1.54) is 0 Å². The Kier molecular flexibility index (Phi) is 5.25. The normalized spacial score (nSPS) is 12.4. The molecule has 0 amide bonds. The Balaban J connectivity index is 1.97. The molecule has 3 rings (SSSR count). The van der Waals surface area contributed by atoms with Crippen LogP contribution < -0.4 is 5.73 Å². The largest absolute Gasteiger partial charge is 0.494 e. The molecule has 146 valence electrons. The summed E-state index contributed by atoms with van der Waals surface area (Å²) in [7, 11) is 0. The number of ether oxygens (including phenoxy) is 1. The summed E-state index contributed by atoms with van der Waals surface area (Å²) in [5.74, 6) is -0.384. The number of rotatable bonds is 5. The number of carbonyl (C=O) groups excluding carboxylic acids is 1. The molecule has 0 aliphatic carbocycles. The van der Waals surface area contributed by atoms with Crippen molar-refractivity contribution < 1.29 is 14.6 Å². The van der Waals surface area contributed by atoms with Crippen LogP contribution in [0.25, 0.3) is 10.9 Å². The predicted octanol–water partition coefficient (Wildman–Crippen LogP) is 4.38. The quantitative estimate of drug-likeness (QED) is 0.452. The lowest BCUT2D eigenvalue weighted by atomic mass is 9.96. The fourth-order valence-corrected chi connectivity index (χ4v) is 3.11. The fourth-order valence-electron chi connectivity index (χ4n) is 3.11. The number of aliphatic imine (C=N–C) groups is 1. The molecule has 6 heteroatoms. The van der Waals surface area contributed by atoms with Crippen LogP contribution in [0.4, 0.5) is 5.69 Å². The lowest BCUT2D eigenvalue weighted by Gasteiger charge is -2.18. The number of aromatic nitrogens is 1. The Labute approximate surface area is 164 Å². The molecule has 1 heterocycles. The van der Waals surface area contributed by atoms with Gasteiger partial charge in [0, 0.05) is 16.4 Å². The second-order valence-corrected chi connectivity index (χ2v) is 7.30. The van der Waals surface area contributed by atoms with Crippen molar-refractivity contribution in [2.75, 3.05) is 6.61 Å². The Morgan fingerprint density at radius 3 is 2.50 bits per heavy atom. The summed E-state index contributed by atoms with van der Waals surface area (Å²) in [5.41, 5.74) is 9.82. The van der Waals surface area contributed by atoms with Crippen LogP contribution in [0.2, 0.25) is 0 Å². The van der Waals surface area contributed by atoms with Gasteiger partial charge >= 0.3 is 5.97 Å². The van der Waals surface area contributed by atoms with Gasteiger partial charge in [-0.25, -0.2) is 4.79 Å². The van der Waals surface area contributed by atoms with E-state index in [4.69, 9.17) is 10.5 Å². The molecule has 0 atom stereocenters. The van der Waals surface area contributed by atoms with Crippen LogP contribution >= 0.6 is 0 Å². The number of benzene rings is 2. The number of nitrogens with zero attached hydrogens (tertiary/aromatic N) is 1. The SMILES string of the molecule is CCOC(=O)c1ccc2c(C(C)=Nc3ccc(C(C)(C)N)cc3)c(O)[nH]c2c1. The van der Waals surface area contributed by atoms with Gasteiger partial charge in [-0.1, -0.05) is 18.2 Å². The van der Waals surface area contributed by atoms with Gasteiger partial charge in [-0.15, -0.1) is 0 Å². The highest BCUT2D eigenvalue weighted by atomic mass is 16.5. The highest BCUT2D eigenvalue weighted by molar-refractivity contribution is 6.13. The van der Waals surface area contributed by atoms with Crippen molar-refractivity contribution in [3.05, 3.63) is 59.2 Å². The van der Waals surface area contributed by atoms with Crippen molar-refractivity contribution in [1.29, 1.82) is 0 Å². The van der Waals surface area contributed by atoms with E-state index in [-0.39, 0.29) is 5.88 Å². The van der Waals surface area contributed by atoms with Crippen molar-refractivity contribution in [2.45, 2.75) is 33.2 Å². The number of aromatic hydroxyl groups is 1. The third-order valence-electron chi connectivity index (χ3n) is 4.56. The minimum Gasteiger partial charge on any atom is -0.494 e. The first-order valence-corrected chi connectivity index (χ1v) is 9.17. The highest BCUT2D eigenvalue weighted by Gasteiger charge is 2.17. The second kappa shape index (κ2) is 7.48. The van der Waals surface area contributed by atoms with Crippen molar-refractivity contribution in [1.82, 2.24) is 4.98 Å². The average Bonchev–Trinajstić information content (AvgIpc) is 2.96. The standard InChI is InChI=1S/C22H25N3O3/c1-5-28-21(27)14-6-11-17-18(12-14)25-20(26)19(17)13(2)24-16-9-7-15(8-10-16)22(3,4)23/h6-12,25-26H,5,23H2,1-4H3. The average molecular weight is 379 g/mol. The molecule has 0 aliphatic heterocycles. The molecule has 4 N–H and O–H groups in total. The predicted molar refractivity (Wildman–Crippen MR) is 111 cm³/mol. The van der Waals surface area contributed by atoms with Crippen LogP contribution in [0.1, 0.15) is 49.2 Å². The maximum absolute atomic E-state index is 11.9. The summed E-state index contributed by atoms with van der Waals surface area (Å²) in [6, 6.07) is 12.8. The van der Waals surface area contributed by atoms with Crippen LogP contribution in [0.5, 0.6) is 5.88 Å². The molecular formula is C22H25N3O3. The second-order valence-electron chi connectivity index (χ2n) is 7.30. The molecule has 28 heavy (non-hydrogen) atoms. The maximum atomic E-state index is 11.9. The van der Waals surface area contributed by atoms with E-state index >= 15 is 0 Å². The van der Waals surface area contributed by atoms with Crippen LogP contribution in [-0.2, 0) is 10.3 Å². The van der Waals surface area contributed by atoms with Gasteiger partial charge in [-0.3, -0.25) is 4.99 Å². The maximum Gasteiger partial charge on any atom is 0.338 e. The van der Waals surface area contributed by atoms with Gasteiger partial charge in [0.15, 0.2) is 5.88 Å². The van der Waals surface area contributed by atoms with Gasteiger partial charge < -0.3 is 20.6 Å². The Morgan fingerprint density at radius 2 is 1.89 bits per heavy atom. The molecule has 0 radical (unpaired) electrons. The van der Waals surface area contributed by atoms with Crippen molar-refractivity contribution in [3.8, 4) is 5.88 Å². The van der Waals surface area contributed by atoms with Crippen molar-refractivity contribution >= 4 is 28.3 Å². The van der Waals surface area contributed by atoms with E-state index in [1.54, 1.807) is 25.1 Å². The molecule has 0 unspecified atom stereocenters. The number of H-pyrrole nitrogens is 1. The number of esters is 1. The smallest absolute Gasteiger partial charge is 0.338 e. The summed E-state index contributed by atoms with van der Waals surface area (Å²) in [4.78, 5) is 19.5. The third kappa shape index (κ3) is 3.92. The number of hydrogen-bond donors (Lipinski definition) is 3. The molecule has 1 aromatic heterocycles. The van der Waals surface area contributed by atoms with Crippen LogP contribution in [0.3, 0.4) is 0 Å². The Bertz CT molecular complexity index is 1040. The van der Waals surface area contributed by atoms with Gasteiger partial charge in [0.05, 0.1) is 29.1 Å². The number of fused-ring (bicyclic) bond motifs is 1. The first-order chi connectivity index (χ1) is 13.2. The lowest BCUT2D eigenvalue weighted by molar-refractivity contribution is 0.0526. The number of carbonyl (C=O) groups is 1. The summed E-state index contributed by atoms with van der Waals surface area (Å²) < 4.78 is 5.03. The van der Waals surface area contributed by atoms with Crippen LogP contribution in [-0.4, -0.2) is 28.4 Å². The van der Waals surface area contributed by atoms with E-state index < -0.39 is 11.5 Å². The molecule has 0 bridgehead atoms. The van der Waals surface area contributed by atoms with Crippen molar-refractivity contribution in [2.24, 2.45) is 10.7 Å². The third-order valence-corrected chi connectivity index (χ3v) is 4.56. The lowest BCUT2D eigenvalue weighted by Crippen LogP contribution is -2.28. The molecule has 3 aromatic rings. The summed E-state index contributed by atoms with van der Waals surface area (Å²) in [5, 5.41) is 11.2. The summed E-state index contributed by atoms with van der Waals surface area (Å²) in [6.07, 6.45) is 0. The number of aromatic amines is 1. The van der Waals surface area contributed by atoms with E-state index in [0.717, 1.165) is 16.6 Å². The molecule has 0 saturated heterocycles. The number of nitrogens with two attached hydrogens (primary N) is 1. The zero-order valence-corrected chi connectivity index (χ0v) is 16.5. The zero-order valence-electron chi connectivity index (χ0n) is 16.5. The molecule has 2 aromatic carbocycles. The van der Waals surface area contributed by atoms with E-state index in [9.17, 15) is 9.90 Å². The molecule has 0 fully saturated rings. The van der Waals surface area contributed by atoms with Gasteiger partial charge in [0.2, 0.25) is 0 Å². The summed E-state index contributed by atoms with van der Waals surface area (Å²) >= 11 is 0. The monoisotopic (exact) mass is 379 g/mol. The Hall–Kier alpha value is -3.12. The number of hydrogen-bond acceptors (Lipinski definition) is 5. The van der Waals surface area contributed by atoms with Gasteiger partial charge in [0.25, 0.3) is 0 Å². The Morgan fingerprint density at radius 1 is 1.21 bits per heavy atom. The highest BCUT2D eigenvalue weighted by Crippen LogP contribution is 2.30. The number of nitrogens with one attached hydrogen (secondary N) is 1. The molecule has 6 nitrogen and oxygen atoms in total. The molecule has 0 aliphatic rings. The van der Waals surface area contributed by atoms with Crippen molar-refractivity contribution in [3.63, 3.8) is 0 Å². The molecule has 0 spiro atoms. The first-order valence-electron chi connectivity index (χ1n) is 9.17. The topological polar surface area (TPSA) is 101 Å². The van der Waals surface area contributed by atoms with Crippen LogP contribution in [0, 0.1) is 0 Å². The minimum atomic E-state index is -0.414. The van der Waals surface area contributed by atoms with Gasteiger partial charge in [-0.2, -0.15) is 0 Å². The van der Waals surface area contributed by atoms with E-state index in [2.05, 4.69) is 9.98 Å². The fraction of sp³-hybridized carbons (Fsp3) is 0.273. The van der Waals surface area contributed by atoms with E-state index in [1.807, 2.05) is 45.0 Å². The van der Waals surface area contributed by atoms with Crippen LogP contribution in [0.15, 0.2) is 47.5 Å². The van der Waals surface area contributed by atoms with E-state index in [0.29, 0.717) is 29.0 Å².